The summed E-state index contributed by atoms with van der Waals surface area (Å²) in [5, 5.41) is 4.10. The summed E-state index contributed by atoms with van der Waals surface area (Å²) < 4.78 is 8.00. The van der Waals surface area contributed by atoms with Crippen LogP contribution in [0.1, 0.15) is 31.7 Å². The zero-order chi connectivity index (χ0) is 15.1. The number of hydrogen-bond acceptors (Lipinski definition) is 3. The number of ether oxygens (including phenoxy) is 1. The van der Waals surface area contributed by atoms with Gasteiger partial charge in [0.05, 0.1) is 0 Å². The molecule has 0 unspecified atom stereocenters. The van der Waals surface area contributed by atoms with Gasteiger partial charge in [-0.3, -0.25) is 0 Å². The van der Waals surface area contributed by atoms with E-state index in [4.69, 9.17) is 16.3 Å². The molecule has 0 fully saturated rings. The van der Waals surface area contributed by atoms with Crippen LogP contribution in [-0.2, 0) is 19.7 Å². The largest absolute Gasteiger partial charge is 0.485 e. The Morgan fingerprint density at radius 1 is 1.33 bits per heavy atom. The van der Waals surface area contributed by atoms with E-state index in [0.29, 0.717) is 6.61 Å². The van der Waals surface area contributed by atoms with Crippen LogP contribution >= 0.6 is 11.6 Å². The fraction of sp³-hybridized carbons (Fsp3) is 0.438. The van der Waals surface area contributed by atoms with Crippen molar-refractivity contribution in [3.63, 3.8) is 0 Å². The Morgan fingerprint density at radius 3 is 2.95 bits per heavy atom. The van der Waals surface area contributed by atoms with Crippen molar-refractivity contribution in [2.24, 2.45) is 0 Å². The number of benzene rings is 1. The van der Waals surface area contributed by atoms with Gasteiger partial charge in [0.15, 0.2) is 0 Å². The summed E-state index contributed by atoms with van der Waals surface area (Å²) >= 11 is 6.08. The second-order valence-corrected chi connectivity index (χ2v) is 5.28. The third-order valence-electron chi connectivity index (χ3n) is 3.26. The number of nitrogens with zero attached hydrogens (tertiary/aromatic N) is 2. The second-order valence-electron chi connectivity index (χ2n) is 4.85. The van der Waals surface area contributed by atoms with Crippen LogP contribution in [0.4, 0.5) is 0 Å². The fourth-order valence-electron chi connectivity index (χ4n) is 2.14. The lowest BCUT2D eigenvalue weighted by atomic mass is 10.2. The molecule has 0 amide bonds. The Morgan fingerprint density at radius 2 is 2.19 bits per heavy atom. The first-order valence-corrected chi connectivity index (χ1v) is 7.74. The van der Waals surface area contributed by atoms with Crippen molar-refractivity contribution in [3.05, 3.63) is 47.0 Å². The van der Waals surface area contributed by atoms with Crippen LogP contribution in [0.5, 0.6) is 5.75 Å². The monoisotopic (exact) mass is 307 g/mol. The third kappa shape index (κ3) is 4.48. The van der Waals surface area contributed by atoms with Gasteiger partial charge in [-0.15, -0.1) is 0 Å². The predicted molar refractivity (Wildman–Crippen MR) is 85.7 cm³/mol. The van der Waals surface area contributed by atoms with Gasteiger partial charge in [-0.25, -0.2) is 4.98 Å². The second kappa shape index (κ2) is 8.05. The zero-order valence-electron chi connectivity index (χ0n) is 12.6. The van der Waals surface area contributed by atoms with Crippen LogP contribution in [0.2, 0.25) is 5.02 Å². The lowest BCUT2D eigenvalue weighted by Crippen LogP contribution is -2.15. The molecule has 2 rings (SSSR count). The van der Waals surface area contributed by atoms with E-state index in [1.165, 1.54) is 0 Å². The Kier molecular flexibility index (Phi) is 6.08. The van der Waals surface area contributed by atoms with E-state index in [-0.39, 0.29) is 0 Å². The van der Waals surface area contributed by atoms with Gasteiger partial charge in [-0.2, -0.15) is 0 Å². The summed E-state index contributed by atoms with van der Waals surface area (Å²) in [6, 6.07) is 5.73. The first-order chi connectivity index (χ1) is 10.2. The van der Waals surface area contributed by atoms with Crippen molar-refractivity contribution in [1.82, 2.24) is 14.9 Å². The van der Waals surface area contributed by atoms with E-state index in [2.05, 4.69) is 28.7 Å². The first-order valence-electron chi connectivity index (χ1n) is 7.36. The van der Waals surface area contributed by atoms with Gasteiger partial charge in [0, 0.05) is 36.1 Å². The number of aromatic nitrogens is 2. The molecule has 0 bridgehead atoms. The van der Waals surface area contributed by atoms with Crippen molar-refractivity contribution in [2.45, 2.75) is 40.0 Å². The quantitative estimate of drug-likeness (QED) is 0.757. The van der Waals surface area contributed by atoms with Crippen LogP contribution < -0.4 is 10.1 Å². The molecule has 1 aromatic heterocycles. The van der Waals surface area contributed by atoms with Gasteiger partial charge in [0.25, 0.3) is 0 Å². The van der Waals surface area contributed by atoms with Crippen molar-refractivity contribution in [1.29, 1.82) is 0 Å². The smallest absolute Gasteiger partial charge is 0.146 e. The first kappa shape index (κ1) is 15.9. The van der Waals surface area contributed by atoms with Crippen LogP contribution in [0.3, 0.4) is 0 Å². The standard InChI is InChI=1S/C16H22ClN3O/c1-3-7-18-11-13-10-14(17)5-6-15(13)21-12-16-19-8-9-20(16)4-2/h5-6,8-10,18H,3-4,7,11-12H2,1-2H3. The molecule has 1 aromatic carbocycles. The predicted octanol–water partition coefficient (Wildman–Crippen LogP) is 3.64. The molecule has 0 saturated heterocycles. The molecule has 0 radical (unpaired) electrons. The molecule has 1 heterocycles. The highest BCUT2D eigenvalue weighted by molar-refractivity contribution is 6.30. The number of aryl methyl sites for hydroxylation is 1. The highest BCUT2D eigenvalue weighted by atomic mass is 35.5. The molecule has 114 valence electrons. The summed E-state index contributed by atoms with van der Waals surface area (Å²) in [6.45, 7) is 7.33. The minimum atomic E-state index is 0.462. The summed E-state index contributed by atoms with van der Waals surface area (Å²) in [7, 11) is 0. The van der Waals surface area contributed by atoms with Crippen LogP contribution in [0, 0.1) is 0 Å². The van der Waals surface area contributed by atoms with E-state index in [1.54, 1.807) is 6.20 Å². The molecule has 4 nitrogen and oxygen atoms in total. The maximum atomic E-state index is 6.08. The minimum Gasteiger partial charge on any atom is -0.485 e. The van der Waals surface area contributed by atoms with Gasteiger partial charge < -0.3 is 14.6 Å². The number of rotatable bonds is 8. The van der Waals surface area contributed by atoms with E-state index in [1.807, 2.05) is 24.4 Å². The molecule has 2 aromatic rings. The average Bonchev–Trinajstić information content (AvgIpc) is 2.94. The van der Waals surface area contributed by atoms with Gasteiger partial charge in [0.1, 0.15) is 18.2 Å². The molecule has 0 aliphatic heterocycles. The maximum Gasteiger partial charge on any atom is 0.146 e. The van der Waals surface area contributed by atoms with E-state index < -0.39 is 0 Å². The Hall–Kier alpha value is -1.52. The molecular weight excluding hydrogens is 286 g/mol. The molecular formula is C16H22ClN3O. The van der Waals surface area contributed by atoms with Crippen molar-refractivity contribution < 1.29 is 4.74 Å². The number of halogens is 1. The van der Waals surface area contributed by atoms with Gasteiger partial charge in [0.2, 0.25) is 0 Å². The molecule has 1 N–H and O–H groups in total. The summed E-state index contributed by atoms with van der Waals surface area (Å²) in [6.07, 6.45) is 4.86. The number of imidazole rings is 1. The maximum absolute atomic E-state index is 6.08. The summed E-state index contributed by atoms with van der Waals surface area (Å²) in [5.41, 5.74) is 1.07. The topological polar surface area (TPSA) is 39.1 Å². The number of hydrogen-bond donors (Lipinski definition) is 1. The fourth-order valence-corrected chi connectivity index (χ4v) is 2.33. The van der Waals surface area contributed by atoms with E-state index >= 15 is 0 Å². The SMILES string of the molecule is CCCNCc1cc(Cl)ccc1OCc1nccn1CC. The molecule has 0 aliphatic rings. The highest BCUT2D eigenvalue weighted by Gasteiger charge is 2.07. The van der Waals surface area contributed by atoms with Crippen molar-refractivity contribution in [3.8, 4) is 5.75 Å². The van der Waals surface area contributed by atoms with Crippen molar-refractivity contribution in [2.75, 3.05) is 6.54 Å². The zero-order valence-corrected chi connectivity index (χ0v) is 13.4. The normalized spacial score (nSPS) is 10.8. The third-order valence-corrected chi connectivity index (χ3v) is 3.50. The Labute approximate surface area is 131 Å². The Bertz CT molecular complexity index is 568. The van der Waals surface area contributed by atoms with Crippen LogP contribution in [0.25, 0.3) is 0 Å². The lowest BCUT2D eigenvalue weighted by molar-refractivity contribution is 0.286. The summed E-state index contributed by atoms with van der Waals surface area (Å²) in [5.74, 6) is 1.79. The molecule has 5 heteroatoms. The highest BCUT2D eigenvalue weighted by Crippen LogP contribution is 2.23. The van der Waals surface area contributed by atoms with Crippen LogP contribution in [0.15, 0.2) is 30.6 Å². The van der Waals surface area contributed by atoms with Crippen LogP contribution in [-0.4, -0.2) is 16.1 Å². The molecule has 0 spiro atoms. The molecule has 21 heavy (non-hydrogen) atoms. The average molecular weight is 308 g/mol. The summed E-state index contributed by atoms with van der Waals surface area (Å²) in [4.78, 5) is 4.32. The van der Waals surface area contributed by atoms with Crippen molar-refractivity contribution >= 4 is 11.6 Å². The van der Waals surface area contributed by atoms with Gasteiger partial charge in [-0.05, 0) is 38.1 Å². The lowest BCUT2D eigenvalue weighted by Gasteiger charge is -2.13. The van der Waals surface area contributed by atoms with Gasteiger partial charge in [-0.1, -0.05) is 18.5 Å². The minimum absolute atomic E-state index is 0.462. The molecule has 0 atom stereocenters. The van der Waals surface area contributed by atoms with E-state index in [0.717, 1.165) is 48.2 Å². The molecule has 0 aliphatic carbocycles. The molecule has 0 saturated carbocycles. The van der Waals surface area contributed by atoms with E-state index in [9.17, 15) is 0 Å². The van der Waals surface area contributed by atoms with Gasteiger partial charge >= 0.3 is 0 Å². The Balaban J connectivity index is 2.04. The number of nitrogens with one attached hydrogen (secondary N) is 1.